The molecular formula is C19H15N3O5S. The molecule has 142 valence electrons. The van der Waals surface area contributed by atoms with Crippen molar-refractivity contribution in [3.63, 3.8) is 0 Å². The molecule has 2 aromatic rings. The fourth-order valence-electron chi connectivity index (χ4n) is 2.73. The molecular weight excluding hydrogens is 382 g/mol. The summed E-state index contributed by atoms with van der Waals surface area (Å²) in [7, 11) is 0. The lowest BCUT2D eigenvalue weighted by Crippen LogP contribution is -2.37. The smallest absolute Gasteiger partial charge is 0.293 e. The number of pyridine rings is 1. The first-order chi connectivity index (χ1) is 13.6. The van der Waals surface area contributed by atoms with Crippen molar-refractivity contribution in [2.75, 3.05) is 19.9 Å². The first-order valence-corrected chi connectivity index (χ1v) is 9.27. The number of carbonyl (C=O) groups is 3. The van der Waals surface area contributed by atoms with E-state index >= 15 is 0 Å². The highest BCUT2D eigenvalue weighted by molar-refractivity contribution is 8.18. The summed E-state index contributed by atoms with van der Waals surface area (Å²) in [6.07, 6.45) is 4.68. The van der Waals surface area contributed by atoms with E-state index < -0.39 is 0 Å². The predicted molar refractivity (Wildman–Crippen MR) is 102 cm³/mol. The number of amides is 3. The maximum Gasteiger partial charge on any atom is 0.293 e. The van der Waals surface area contributed by atoms with Gasteiger partial charge in [-0.1, -0.05) is 6.07 Å². The van der Waals surface area contributed by atoms with Gasteiger partial charge in [0.25, 0.3) is 17.1 Å². The first kappa shape index (κ1) is 18.1. The summed E-state index contributed by atoms with van der Waals surface area (Å²) >= 11 is 0.871. The van der Waals surface area contributed by atoms with Crippen LogP contribution in [0.2, 0.25) is 0 Å². The van der Waals surface area contributed by atoms with E-state index in [-0.39, 0.29) is 36.9 Å². The highest BCUT2D eigenvalue weighted by Gasteiger charge is 2.34. The van der Waals surface area contributed by atoms with Gasteiger partial charge in [0.15, 0.2) is 11.5 Å². The Morgan fingerprint density at radius 3 is 2.79 bits per heavy atom. The number of hydrogen-bond donors (Lipinski definition) is 1. The van der Waals surface area contributed by atoms with Crippen molar-refractivity contribution in [2.24, 2.45) is 0 Å². The first-order valence-electron chi connectivity index (χ1n) is 8.45. The topological polar surface area (TPSA) is 97.8 Å². The lowest BCUT2D eigenvalue weighted by Gasteiger charge is -2.12. The summed E-state index contributed by atoms with van der Waals surface area (Å²) in [6, 6.07) is 8.47. The number of carbonyl (C=O) groups excluding carboxylic acids is 3. The van der Waals surface area contributed by atoms with Crippen LogP contribution in [0.1, 0.15) is 15.9 Å². The number of imide groups is 1. The third kappa shape index (κ3) is 3.70. The number of ether oxygens (including phenoxy) is 2. The van der Waals surface area contributed by atoms with Crippen LogP contribution in [0.15, 0.2) is 47.6 Å². The van der Waals surface area contributed by atoms with E-state index in [4.69, 9.17) is 9.47 Å². The van der Waals surface area contributed by atoms with Gasteiger partial charge in [0.05, 0.1) is 4.91 Å². The number of nitrogens with zero attached hydrogens (tertiary/aromatic N) is 2. The number of rotatable bonds is 5. The van der Waals surface area contributed by atoms with Crippen LogP contribution in [0, 0.1) is 0 Å². The van der Waals surface area contributed by atoms with Crippen LogP contribution in [-0.4, -0.2) is 46.8 Å². The molecule has 4 rings (SSSR count). The second-order valence-electron chi connectivity index (χ2n) is 5.94. The van der Waals surface area contributed by atoms with Crippen LogP contribution in [0.4, 0.5) is 4.79 Å². The quantitative estimate of drug-likeness (QED) is 0.773. The van der Waals surface area contributed by atoms with Gasteiger partial charge in [-0.15, -0.1) is 0 Å². The molecule has 0 atom stereocenters. The van der Waals surface area contributed by atoms with Crippen molar-refractivity contribution >= 4 is 34.9 Å². The Labute approximate surface area is 164 Å². The Balaban J connectivity index is 1.38. The van der Waals surface area contributed by atoms with Crippen molar-refractivity contribution in [3.05, 3.63) is 58.8 Å². The standard InChI is InChI=1S/C19H15N3O5S/c23-17(13-3-5-20-6-4-13)21-7-8-22-18(24)16(28-19(22)25)10-12-1-2-14-15(9-12)27-11-26-14/h1-6,9-10H,7-8,11H2,(H,21,23)/b16-10-. The SMILES string of the molecule is O=C(NCCN1C(=O)S/C(=C\c2ccc3c(c2)OCO3)C1=O)c1ccncc1. The molecule has 1 aromatic heterocycles. The van der Waals surface area contributed by atoms with Crippen LogP contribution in [0.3, 0.4) is 0 Å². The molecule has 3 heterocycles. The predicted octanol–water partition coefficient (Wildman–Crippen LogP) is 2.28. The molecule has 0 aliphatic carbocycles. The summed E-state index contributed by atoms with van der Waals surface area (Å²) < 4.78 is 10.6. The van der Waals surface area contributed by atoms with Gasteiger partial charge in [0.1, 0.15) is 0 Å². The molecule has 2 aliphatic rings. The minimum Gasteiger partial charge on any atom is -0.454 e. The summed E-state index contributed by atoms with van der Waals surface area (Å²) in [5.41, 5.74) is 1.20. The molecule has 28 heavy (non-hydrogen) atoms. The maximum absolute atomic E-state index is 12.5. The molecule has 9 heteroatoms. The van der Waals surface area contributed by atoms with Crippen molar-refractivity contribution in [2.45, 2.75) is 0 Å². The van der Waals surface area contributed by atoms with E-state index in [1.54, 1.807) is 36.4 Å². The fraction of sp³-hybridized carbons (Fsp3) is 0.158. The molecule has 0 unspecified atom stereocenters. The van der Waals surface area contributed by atoms with Gasteiger partial charge >= 0.3 is 0 Å². The van der Waals surface area contributed by atoms with Crippen molar-refractivity contribution < 1.29 is 23.9 Å². The second kappa shape index (κ2) is 7.73. The number of fused-ring (bicyclic) bond motifs is 1. The molecule has 3 amide bonds. The van der Waals surface area contributed by atoms with Crippen LogP contribution in [-0.2, 0) is 4.79 Å². The van der Waals surface area contributed by atoms with Gasteiger partial charge in [0.2, 0.25) is 6.79 Å². The molecule has 0 saturated carbocycles. The summed E-state index contributed by atoms with van der Waals surface area (Å²) in [4.78, 5) is 42.0. The van der Waals surface area contributed by atoms with Crippen molar-refractivity contribution in [1.29, 1.82) is 0 Å². The molecule has 0 bridgehead atoms. The number of thioether (sulfide) groups is 1. The molecule has 0 spiro atoms. The normalized spacial score (nSPS) is 16.7. The van der Waals surface area contributed by atoms with E-state index in [1.165, 1.54) is 12.4 Å². The van der Waals surface area contributed by atoms with E-state index in [1.807, 2.05) is 0 Å². The van der Waals surface area contributed by atoms with E-state index in [0.29, 0.717) is 22.0 Å². The Morgan fingerprint density at radius 2 is 1.96 bits per heavy atom. The second-order valence-corrected chi connectivity index (χ2v) is 6.93. The molecule has 1 fully saturated rings. The summed E-state index contributed by atoms with van der Waals surface area (Å²) in [5, 5.41) is 2.32. The minimum absolute atomic E-state index is 0.0972. The van der Waals surface area contributed by atoms with Gasteiger partial charge in [0, 0.05) is 31.0 Å². The van der Waals surface area contributed by atoms with Crippen molar-refractivity contribution in [1.82, 2.24) is 15.2 Å². The zero-order valence-corrected chi connectivity index (χ0v) is 15.4. The Hall–Kier alpha value is -3.33. The Bertz CT molecular complexity index is 977. The maximum atomic E-state index is 12.5. The monoisotopic (exact) mass is 397 g/mol. The molecule has 0 radical (unpaired) electrons. The molecule has 1 N–H and O–H groups in total. The third-order valence-electron chi connectivity index (χ3n) is 4.13. The molecule has 8 nitrogen and oxygen atoms in total. The highest BCUT2D eigenvalue weighted by atomic mass is 32.2. The molecule has 2 aliphatic heterocycles. The third-order valence-corrected chi connectivity index (χ3v) is 5.04. The van der Waals surface area contributed by atoms with E-state index in [2.05, 4.69) is 10.3 Å². The van der Waals surface area contributed by atoms with Crippen LogP contribution in [0.5, 0.6) is 11.5 Å². The van der Waals surface area contributed by atoms with Crippen LogP contribution in [0.25, 0.3) is 6.08 Å². The van der Waals surface area contributed by atoms with Gasteiger partial charge in [-0.2, -0.15) is 0 Å². The van der Waals surface area contributed by atoms with E-state index in [9.17, 15) is 14.4 Å². The van der Waals surface area contributed by atoms with Crippen molar-refractivity contribution in [3.8, 4) is 11.5 Å². The average molecular weight is 397 g/mol. The lowest BCUT2D eigenvalue weighted by molar-refractivity contribution is -0.122. The van der Waals surface area contributed by atoms with E-state index in [0.717, 1.165) is 22.2 Å². The van der Waals surface area contributed by atoms with Gasteiger partial charge in [-0.3, -0.25) is 24.3 Å². The molecule has 1 saturated heterocycles. The van der Waals surface area contributed by atoms with Gasteiger partial charge in [-0.25, -0.2) is 0 Å². The van der Waals surface area contributed by atoms with Crippen LogP contribution < -0.4 is 14.8 Å². The number of hydrogen-bond acceptors (Lipinski definition) is 7. The number of nitrogens with one attached hydrogen (secondary N) is 1. The fourth-order valence-corrected chi connectivity index (χ4v) is 3.60. The van der Waals surface area contributed by atoms with Gasteiger partial charge < -0.3 is 14.8 Å². The average Bonchev–Trinajstić information content (AvgIpc) is 3.28. The zero-order valence-electron chi connectivity index (χ0n) is 14.6. The Morgan fingerprint density at radius 1 is 1.18 bits per heavy atom. The largest absolute Gasteiger partial charge is 0.454 e. The molecule has 1 aromatic carbocycles. The highest BCUT2D eigenvalue weighted by Crippen LogP contribution is 2.36. The summed E-state index contributed by atoms with van der Waals surface area (Å²) in [6.45, 7) is 0.428. The van der Waals surface area contributed by atoms with Crippen LogP contribution >= 0.6 is 11.8 Å². The number of aromatic nitrogens is 1. The summed E-state index contributed by atoms with van der Waals surface area (Å²) in [5.74, 6) is 0.582. The zero-order chi connectivity index (χ0) is 19.5. The van der Waals surface area contributed by atoms with Gasteiger partial charge in [-0.05, 0) is 47.7 Å². The number of benzene rings is 1. The lowest BCUT2D eigenvalue weighted by atomic mass is 10.2. The Kier molecular flexibility index (Phi) is 4.98. The minimum atomic E-state index is -0.383.